The molecule has 2 aromatic carbocycles. The Morgan fingerprint density at radius 2 is 1.80 bits per heavy atom. The summed E-state index contributed by atoms with van der Waals surface area (Å²) in [5, 5.41) is 0.791. The molecule has 0 unspecified atom stereocenters. The number of hydrogen-bond donors (Lipinski definition) is 0. The first-order chi connectivity index (χ1) is 14.5. The molecule has 0 aliphatic carbocycles. The van der Waals surface area contributed by atoms with Crippen LogP contribution in [0.15, 0.2) is 36.4 Å². The van der Waals surface area contributed by atoms with E-state index in [-0.39, 0.29) is 19.2 Å². The van der Waals surface area contributed by atoms with Gasteiger partial charge in [0.05, 0.1) is 29.9 Å². The summed E-state index contributed by atoms with van der Waals surface area (Å²) >= 11 is 0. The van der Waals surface area contributed by atoms with Crippen LogP contribution in [0.3, 0.4) is 0 Å². The van der Waals surface area contributed by atoms with Gasteiger partial charge in [0, 0.05) is 24.1 Å². The first-order valence-corrected chi connectivity index (χ1v) is 9.58. The van der Waals surface area contributed by atoms with Crippen LogP contribution in [-0.2, 0) is 16.1 Å². The number of rotatable bonds is 5. The van der Waals surface area contributed by atoms with Crippen molar-refractivity contribution in [1.29, 1.82) is 0 Å². The fraction of sp³-hybridized carbons (Fsp3) is 0.273. The summed E-state index contributed by atoms with van der Waals surface area (Å²) < 4.78 is 15.9. The molecule has 4 rings (SSSR count). The van der Waals surface area contributed by atoms with E-state index >= 15 is 0 Å². The summed E-state index contributed by atoms with van der Waals surface area (Å²) in [6, 6.07) is 10.4. The zero-order valence-corrected chi connectivity index (χ0v) is 17.0. The van der Waals surface area contributed by atoms with Gasteiger partial charge in [0.1, 0.15) is 5.82 Å². The molecule has 0 bridgehead atoms. The molecule has 1 aromatic heterocycles. The van der Waals surface area contributed by atoms with Crippen molar-refractivity contribution < 1.29 is 23.8 Å². The maximum absolute atomic E-state index is 12.4. The Hall–Kier alpha value is -3.68. The molecule has 1 aliphatic rings. The standard InChI is InChI=1S/C22H21N3O5/c1-4-28-22(27)15-5-7-16(8-6-15)25(14(3)26)11-19-17-9-20-21(30-12-29-20)10-18(17)23-13(2)24-19/h5-10H,4,11-12H2,1-3H3. The average molecular weight is 407 g/mol. The van der Waals surface area contributed by atoms with E-state index in [0.29, 0.717) is 40.9 Å². The molecular weight excluding hydrogens is 386 g/mol. The Kier molecular flexibility index (Phi) is 5.22. The van der Waals surface area contributed by atoms with E-state index in [0.717, 1.165) is 10.9 Å². The van der Waals surface area contributed by atoms with Crippen LogP contribution in [0.25, 0.3) is 10.9 Å². The van der Waals surface area contributed by atoms with E-state index in [2.05, 4.69) is 9.97 Å². The number of aromatic nitrogens is 2. The highest BCUT2D eigenvalue weighted by Crippen LogP contribution is 2.36. The molecule has 0 N–H and O–H groups in total. The summed E-state index contributed by atoms with van der Waals surface area (Å²) in [4.78, 5) is 35.0. The highest BCUT2D eigenvalue weighted by Gasteiger charge is 2.20. The molecule has 0 spiro atoms. The van der Waals surface area contributed by atoms with Crippen molar-refractivity contribution in [3.63, 3.8) is 0 Å². The lowest BCUT2D eigenvalue weighted by Crippen LogP contribution is -2.28. The zero-order valence-electron chi connectivity index (χ0n) is 17.0. The number of benzene rings is 2. The van der Waals surface area contributed by atoms with Gasteiger partial charge in [-0.25, -0.2) is 14.8 Å². The molecule has 2 heterocycles. The molecule has 30 heavy (non-hydrogen) atoms. The van der Waals surface area contributed by atoms with Crippen molar-refractivity contribution in [2.75, 3.05) is 18.3 Å². The Bertz CT molecular complexity index is 1130. The second-order valence-electron chi connectivity index (χ2n) is 6.81. The molecule has 1 aliphatic heterocycles. The lowest BCUT2D eigenvalue weighted by Gasteiger charge is -2.22. The van der Waals surface area contributed by atoms with Crippen molar-refractivity contribution in [3.8, 4) is 11.5 Å². The number of hydrogen-bond acceptors (Lipinski definition) is 7. The molecule has 0 saturated heterocycles. The van der Waals surface area contributed by atoms with Crippen LogP contribution in [0.5, 0.6) is 11.5 Å². The third-order valence-electron chi connectivity index (χ3n) is 4.76. The third kappa shape index (κ3) is 3.76. The van der Waals surface area contributed by atoms with Gasteiger partial charge < -0.3 is 19.1 Å². The van der Waals surface area contributed by atoms with Gasteiger partial charge in [0.25, 0.3) is 0 Å². The van der Waals surface area contributed by atoms with E-state index in [1.54, 1.807) is 43.0 Å². The first kappa shape index (κ1) is 19.6. The van der Waals surface area contributed by atoms with Crippen LogP contribution < -0.4 is 14.4 Å². The lowest BCUT2D eigenvalue weighted by molar-refractivity contribution is -0.116. The van der Waals surface area contributed by atoms with Crippen molar-refractivity contribution >= 4 is 28.5 Å². The van der Waals surface area contributed by atoms with Gasteiger partial charge in [-0.05, 0) is 44.2 Å². The third-order valence-corrected chi connectivity index (χ3v) is 4.76. The number of carbonyl (C=O) groups excluding carboxylic acids is 2. The summed E-state index contributed by atoms with van der Waals surface area (Å²) in [5.41, 5.74) is 2.50. The van der Waals surface area contributed by atoms with Gasteiger partial charge in [-0.2, -0.15) is 0 Å². The topological polar surface area (TPSA) is 90.8 Å². The lowest BCUT2D eigenvalue weighted by atomic mass is 10.1. The quantitative estimate of drug-likeness (QED) is 0.599. The van der Waals surface area contributed by atoms with Crippen molar-refractivity contribution in [2.45, 2.75) is 27.3 Å². The molecule has 8 heteroatoms. The monoisotopic (exact) mass is 407 g/mol. The van der Waals surface area contributed by atoms with E-state index in [9.17, 15) is 9.59 Å². The van der Waals surface area contributed by atoms with Crippen molar-refractivity contribution in [2.24, 2.45) is 0 Å². The predicted octanol–water partition coefficient (Wildman–Crippen LogP) is 3.40. The summed E-state index contributed by atoms with van der Waals surface area (Å²) in [6.45, 7) is 5.76. The maximum Gasteiger partial charge on any atom is 0.338 e. The fourth-order valence-electron chi connectivity index (χ4n) is 3.36. The number of fused-ring (bicyclic) bond motifs is 2. The van der Waals surface area contributed by atoms with Gasteiger partial charge in [0.15, 0.2) is 11.5 Å². The van der Waals surface area contributed by atoms with Crippen LogP contribution in [0, 0.1) is 6.92 Å². The minimum atomic E-state index is -0.396. The number of carbonyl (C=O) groups is 2. The molecule has 0 fully saturated rings. The van der Waals surface area contributed by atoms with Crippen molar-refractivity contribution in [3.05, 3.63) is 53.5 Å². The Balaban J connectivity index is 1.69. The fourth-order valence-corrected chi connectivity index (χ4v) is 3.36. The van der Waals surface area contributed by atoms with Gasteiger partial charge in [-0.3, -0.25) is 4.79 Å². The second kappa shape index (κ2) is 7.98. The van der Waals surface area contributed by atoms with Crippen LogP contribution in [0.4, 0.5) is 5.69 Å². The SMILES string of the molecule is CCOC(=O)c1ccc(N(Cc2nc(C)nc3cc4c(cc23)OCO4)C(C)=O)cc1. The molecule has 0 radical (unpaired) electrons. The summed E-state index contributed by atoms with van der Waals surface area (Å²) in [6.07, 6.45) is 0. The Labute approximate surface area is 173 Å². The first-order valence-electron chi connectivity index (χ1n) is 9.58. The number of aryl methyl sites for hydroxylation is 1. The summed E-state index contributed by atoms with van der Waals surface area (Å²) in [5.74, 6) is 1.32. The predicted molar refractivity (Wildman–Crippen MR) is 110 cm³/mol. The minimum absolute atomic E-state index is 0.149. The number of nitrogens with zero attached hydrogens (tertiary/aromatic N) is 3. The zero-order chi connectivity index (χ0) is 21.3. The smallest absolute Gasteiger partial charge is 0.338 e. The Morgan fingerprint density at radius 1 is 1.10 bits per heavy atom. The van der Waals surface area contributed by atoms with E-state index in [1.165, 1.54) is 6.92 Å². The van der Waals surface area contributed by atoms with Crippen molar-refractivity contribution in [1.82, 2.24) is 9.97 Å². The number of amides is 1. The van der Waals surface area contributed by atoms with Gasteiger partial charge in [-0.1, -0.05) is 0 Å². The molecule has 8 nitrogen and oxygen atoms in total. The van der Waals surface area contributed by atoms with Gasteiger partial charge >= 0.3 is 5.97 Å². The van der Waals surface area contributed by atoms with Crippen LogP contribution in [-0.4, -0.2) is 35.2 Å². The number of ether oxygens (including phenoxy) is 3. The van der Waals surface area contributed by atoms with E-state index in [1.807, 2.05) is 12.1 Å². The molecule has 1 amide bonds. The van der Waals surface area contributed by atoms with Crippen LogP contribution >= 0.6 is 0 Å². The number of anilines is 1. The van der Waals surface area contributed by atoms with Crippen LogP contribution in [0.2, 0.25) is 0 Å². The largest absolute Gasteiger partial charge is 0.462 e. The number of esters is 1. The minimum Gasteiger partial charge on any atom is -0.462 e. The highest BCUT2D eigenvalue weighted by molar-refractivity contribution is 5.94. The van der Waals surface area contributed by atoms with E-state index < -0.39 is 5.97 Å². The molecule has 0 atom stereocenters. The average Bonchev–Trinajstić information content (AvgIpc) is 3.18. The molecule has 0 saturated carbocycles. The van der Waals surface area contributed by atoms with Gasteiger partial charge in [0.2, 0.25) is 12.7 Å². The Morgan fingerprint density at radius 3 is 2.47 bits per heavy atom. The second-order valence-corrected chi connectivity index (χ2v) is 6.81. The van der Waals surface area contributed by atoms with Crippen LogP contribution in [0.1, 0.15) is 35.7 Å². The van der Waals surface area contributed by atoms with E-state index in [4.69, 9.17) is 14.2 Å². The molecule has 3 aromatic rings. The highest BCUT2D eigenvalue weighted by atomic mass is 16.7. The normalized spacial score (nSPS) is 12.1. The molecular formula is C22H21N3O5. The summed E-state index contributed by atoms with van der Waals surface area (Å²) in [7, 11) is 0. The molecule has 154 valence electrons. The maximum atomic E-state index is 12.4. The van der Waals surface area contributed by atoms with Gasteiger partial charge in [-0.15, -0.1) is 0 Å².